The van der Waals surface area contributed by atoms with Gasteiger partial charge in [0.05, 0.1) is 36.7 Å². The Kier molecular flexibility index (Phi) is 4.68. The standard InChI is InChI=1S/C21H20N6O2S/c1-12-17(27-7-2-5-14(18(22)28)21(27)24-12)20-25-16-6-8-29-11-15(16)19(26-20)23-10-13-4-3-9-30-13/h2-5,7,9H,6,8,10-11H2,1H3,(H2,22,28)(H,23,25,26). The molecule has 0 saturated heterocycles. The van der Waals surface area contributed by atoms with E-state index in [1.54, 1.807) is 23.5 Å². The highest BCUT2D eigenvalue weighted by Gasteiger charge is 2.23. The summed E-state index contributed by atoms with van der Waals surface area (Å²) in [7, 11) is 0. The van der Waals surface area contributed by atoms with Crippen molar-refractivity contribution >= 4 is 28.7 Å². The summed E-state index contributed by atoms with van der Waals surface area (Å²) in [6.07, 6.45) is 2.57. The van der Waals surface area contributed by atoms with Crippen LogP contribution in [0.3, 0.4) is 0 Å². The van der Waals surface area contributed by atoms with Crippen molar-refractivity contribution in [2.75, 3.05) is 11.9 Å². The molecule has 4 aromatic heterocycles. The highest BCUT2D eigenvalue weighted by atomic mass is 32.1. The van der Waals surface area contributed by atoms with E-state index in [0.717, 1.165) is 34.9 Å². The fourth-order valence-corrected chi connectivity index (χ4v) is 4.36. The molecule has 0 unspecified atom stereocenters. The molecule has 0 aromatic carbocycles. The fourth-order valence-electron chi connectivity index (χ4n) is 3.71. The Labute approximate surface area is 176 Å². The van der Waals surface area contributed by atoms with Crippen molar-refractivity contribution in [2.45, 2.75) is 26.5 Å². The monoisotopic (exact) mass is 420 g/mol. The summed E-state index contributed by atoms with van der Waals surface area (Å²) in [6.45, 7) is 3.68. The largest absolute Gasteiger partial charge is 0.376 e. The number of primary amides is 1. The molecule has 1 aliphatic rings. The molecule has 5 rings (SSSR count). The summed E-state index contributed by atoms with van der Waals surface area (Å²) >= 11 is 1.70. The van der Waals surface area contributed by atoms with E-state index in [4.69, 9.17) is 20.4 Å². The first-order valence-electron chi connectivity index (χ1n) is 9.63. The Morgan fingerprint density at radius 1 is 1.30 bits per heavy atom. The third kappa shape index (κ3) is 3.21. The molecule has 0 aliphatic carbocycles. The molecule has 0 spiro atoms. The molecule has 0 saturated carbocycles. The van der Waals surface area contributed by atoms with E-state index in [1.165, 1.54) is 4.88 Å². The Morgan fingerprint density at radius 3 is 3.00 bits per heavy atom. The lowest BCUT2D eigenvalue weighted by Crippen LogP contribution is -2.17. The third-order valence-electron chi connectivity index (χ3n) is 5.13. The fraction of sp³-hybridized carbons (Fsp3) is 0.238. The number of nitrogens with one attached hydrogen (secondary N) is 1. The van der Waals surface area contributed by atoms with Crippen LogP contribution in [0.2, 0.25) is 0 Å². The van der Waals surface area contributed by atoms with Crippen LogP contribution in [0.25, 0.3) is 17.2 Å². The topological polar surface area (TPSA) is 107 Å². The number of pyridine rings is 1. The van der Waals surface area contributed by atoms with E-state index in [2.05, 4.69) is 21.7 Å². The number of carbonyl (C=O) groups excluding carboxylic acids is 1. The summed E-state index contributed by atoms with van der Waals surface area (Å²) in [5.74, 6) is 0.818. The zero-order valence-electron chi connectivity index (χ0n) is 16.4. The smallest absolute Gasteiger partial charge is 0.252 e. The van der Waals surface area contributed by atoms with Crippen LogP contribution < -0.4 is 11.1 Å². The van der Waals surface area contributed by atoms with Gasteiger partial charge in [0.2, 0.25) is 0 Å². The van der Waals surface area contributed by atoms with Crippen molar-refractivity contribution in [3.8, 4) is 11.5 Å². The van der Waals surface area contributed by atoms with Crippen LogP contribution in [-0.4, -0.2) is 31.9 Å². The molecule has 1 amide bonds. The lowest BCUT2D eigenvalue weighted by atomic mass is 10.1. The van der Waals surface area contributed by atoms with Crippen LogP contribution >= 0.6 is 11.3 Å². The van der Waals surface area contributed by atoms with Crippen molar-refractivity contribution in [3.63, 3.8) is 0 Å². The second kappa shape index (κ2) is 7.51. The second-order valence-corrected chi connectivity index (χ2v) is 8.11. The van der Waals surface area contributed by atoms with Crippen LogP contribution in [0.1, 0.15) is 32.2 Å². The first-order valence-corrected chi connectivity index (χ1v) is 10.5. The molecule has 5 heterocycles. The quantitative estimate of drug-likeness (QED) is 0.514. The van der Waals surface area contributed by atoms with Gasteiger partial charge in [-0.2, -0.15) is 0 Å². The molecule has 3 N–H and O–H groups in total. The molecular weight excluding hydrogens is 400 g/mol. The van der Waals surface area contributed by atoms with Crippen LogP contribution in [0.4, 0.5) is 5.82 Å². The van der Waals surface area contributed by atoms with Gasteiger partial charge in [0, 0.05) is 23.1 Å². The predicted molar refractivity (Wildman–Crippen MR) is 114 cm³/mol. The number of fused-ring (bicyclic) bond motifs is 2. The van der Waals surface area contributed by atoms with E-state index >= 15 is 0 Å². The molecule has 0 atom stereocenters. The van der Waals surface area contributed by atoms with Crippen LogP contribution in [-0.2, 0) is 24.3 Å². The molecule has 0 radical (unpaired) electrons. The number of hydrogen-bond donors (Lipinski definition) is 2. The predicted octanol–water partition coefficient (Wildman–Crippen LogP) is 2.94. The molecule has 9 heteroatoms. The van der Waals surface area contributed by atoms with E-state index in [1.807, 2.05) is 23.6 Å². The number of aromatic nitrogens is 4. The number of thiophene rings is 1. The van der Waals surface area contributed by atoms with Gasteiger partial charge in [-0.25, -0.2) is 15.0 Å². The molecule has 4 aromatic rings. The minimum Gasteiger partial charge on any atom is -0.376 e. The van der Waals surface area contributed by atoms with Gasteiger partial charge in [-0.05, 0) is 30.5 Å². The maximum atomic E-state index is 11.8. The summed E-state index contributed by atoms with van der Waals surface area (Å²) in [6, 6.07) is 7.57. The van der Waals surface area contributed by atoms with Gasteiger partial charge in [0.25, 0.3) is 5.91 Å². The Morgan fingerprint density at radius 2 is 2.20 bits per heavy atom. The molecule has 8 nitrogen and oxygen atoms in total. The highest BCUT2D eigenvalue weighted by molar-refractivity contribution is 7.09. The van der Waals surface area contributed by atoms with Crippen LogP contribution in [0, 0.1) is 6.92 Å². The maximum Gasteiger partial charge on any atom is 0.252 e. The summed E-state index contributed by atoms with van der Waals surface area (Å²) in [5.41, 5.74) is 9.86. The average Bonchev–Trinajstić information content (AvgIpc) is 3.38. The summed E-state index contributed by atoms with van der Waals surface area (Å²) in [4.78, 5) is 27.3. The number of ether oxygens (including phenoxy) is 1. The number of nitrogens with zero attached hydrogens (tertiary/aromatic N) is 4. The summed E-state index contributed by atoms with van der Waals surface area (Å²) < 4.78 is 7.49. The van der Waals surface area contributed by atoms with E-state index in [9.17, 15) is 4.79 Å². The van der Waals surface area contributed by atoms with Gasteiger partial charge in [0.1, 0.15) is 17.2 Å². The normalized spacial score (nSPS) is 13.4. The van der Waals surface area contributed by atoms with Gasteiger partial charge in [-0.15, -0.1) is 11.3 Å². The Bertz CT molecular complexity index is 1250. The van der Waals surface area contributed by atoms with Crippen molar-refractivity contribution < 1.29 is 9.53 Å². The zero-order chi connectivity index (χ0) is 20.7. The van der Waals surface area contributed by atoms with Crippen LogP contribution in [0.15, 0.2) is 35.8 Å². The molecule has 152 valence electrons. The molecular formula is C21H20N6O2S. The number of aryl methyl sites for hydroxylation is 1. The average molecular weight is 420 g/mol. The van der Waals surface area contributed by atoms with Gasteiger partial charge in [-0.1, -0.05) is 6.07 Å². The molecule has 0 bridgehead atoms. The zero-order valence-corrected chi connectivity index (χ0v) is 17.2. The van der Waals surface area contributed by atoms with E-state index < -0.39 is 5.91 Å². The molecule has 1 aliphatic heterocycles. The van der Waals surface area contributed by atoms with Crippen molar-refractivity contribution in [2.24, 2.45) is 5.73 Å². The van der Waals surface area contributed by atoms with Crippen molar-refractivity contribution in [1.82, 2.24) is 19.4 Å². The number of hydrogen-bond acceptors (Lipinski definition) is 7. The first kappa shape index (κ1) is 18.7. The third-order valence-corrected chi connectivity index (χ3v) is 6.01. The van der Waals surface area contributed by atoms with Crippen LogP contribution in [0.5, 0.6) is 0 Å². The lowest BCUT2D eigenvalue weighted by Gasteiger charge is -2.20. The van der Waals surface area contributed by atoms with Crippen molar-refractivity contribution in [1.29, 1.82) is 0 Å². The molecule has 30 heavy (non-hydrogen) atoms. The van der Waals surface area contributed by atoms with Gasteiger partial charge in [-0.3, -0.25) is 9.20 Å². The number of anilines is 1. The van der Waals surface area contributed by atoms with Crippen molar-refractivity contribution in [3.05, 3.63) is 63.2 Å². The summed E-state index contributed by atoms with van der Waals surface area (Å²) in [5, 5.41) is 5.50. The Balaban J connectivity index is 1.64. The Hall–Kier alpha value is -3.30. The van der Waals surface area contributed by atoms with E-state index in [0.29, 0.717) is 36.8 Å². The minimum absolute atomic E-state index is 0.370. The lowest BCUT2D eigenvalue weighted by molar-refractivity contribution is 0.100. The number of carbonyl (C=O) groups is 1. The van der Waals surface area contributed by atoms with Gasteiger partial charge < -0.3 is 15.8 Å². The highest BCUT2D eigenvalue weighted by Crippen LogP contribution is 2.29. The number of imidazole rings is 1. The second-order valence-electron chi connectivity index (χ2n) is 7.08. The minimum atomic E-state index is -0.515. The molecule has 0 fully saturated rings. The number of nitrogens with two attached hydrogens (primary N) is 1. The van der Waals surface area contributed by atoms with Gasteiger partial charge >= 0.3 is 0 Å². The van der Waals surface area contributed by atoms with Gasteiger partial charge in [0.15, 0.2) is 5.82 Å². The maximum absolute atomic E-state index is 11.8. The SMILES string of the molecule is Cc1nc2c(C(N)=O)cccn2c1-c1nc2c(c(NCc3cccs3)n1)COCC2. The first-order chi connectivity index (χ1) is 14.6. The number of rotatable bonds is 5. The number of amides is 1. The van der Waals surface area contributed by atoms with E-state index in [-0.39, 0.29) is 0 Å².